The normalized spacial score (nSPS) is 11.8. The van der Waals surface area contributed by atoms with Gasteiger partial charge in [0.05, 0.1) is 5.56 Å². The second-order valence-electron chi connectivity index (χ2n) is 4.72. The molecule has 0 atom stereocenters. The van der Waals surface area contributed by atoms with Gasteiger partial charge in [-0.05, 0) is 28.5 Å². The molecule has 3 aromatic rings. The molecule has 0 aliphatic rings. The third-order valence-corrected chi connectivity index (χ3v) is 3.41. The van der Waals surface area contributed by atoms with Crippen LogP contribution >= 0.6 is 0 Å². The fourth-order valence-electron chi connectivity index (χ4n) is 2.49. The molecular formula is C17H11F3O. The number of halogens is 3. The number of rotatable bonds is 1. The molecule has 0 spiro atoms. The van der Waals surface area contributed by atoms with Gasteiger partial charge in [-0.15, -0.1) is 0 Å². The number of phenolic OH excluding ortho intramolecular Hbond substituents is 1. The van der Waals surface area contributed by atoms with Crippen LogP contribution in [0.1, 0.15) is 5.56 Å². The Morgan fingerprint density at radius 2 is 1.43 bits per heavy atom. The van der Waals surface area contributed by atoms with Crippen LogP contribution < -0.4 is 0 Å². The van der Waals surface area contributed by atoms with Crippen LogP contribution in [0, 0.1) is 0 Å². The first-order chi connectivity index (χ1) is 9.98. The first kappa shape index (κ1) is 13.5. The third kappa shape index (κ3) is 2.33. The van der Waals surface area contributed by atoms with E-state index in [2.05, 4.69) is 0 Å². The molecule has 0 unspecified atom stereocenters. The van der Waals surface area contributed by atoms with Gasteiger partial charge in [-0.1, -0.05) is 48.5 Å². The van der Waals surface area contributed by atoms with Gasteiger partial charge >= 0.3 is 6.18 Å². The zero-order chi connectivity index (χ0) is 15.0. The summed E-state index contributed by atoms with van der Waals surface area (Å²) in [5.74, 6) is -0.162. The Labute approximate surface area is 119 Å². The van der Waals surface area contributed by atoms with Crippen LogP contribution in [0.4, 0.5) is 13.2 Å². The highest BCUT2D eigenvalue weighted by molar-refractivity contribution is 6.00. The van der Waals surface area contributed by atoms with Gasteiger partial charge in [-0.25, -0.2) is 0 Å². The lowest BCUT2D eigenvalue weighted by molar-refractivity contribution is -0.137. The molecule has 3 aromatic carbocycles. The van der Waals surface area contributed by atoms with Gasteiger partial charge in [0.15, 0.2) is 0 Å². The zero-order valence-electron chi connectivity index (χ0n) is 10.9. The minimum atomic E-state index is -4.47. The Morgan fingerprint density at radius 3 is 2.19 bits per heavy atom. The maximum absolute atomic E-state index is 13.2. The Hall–Kier alpha value is -2.49. The lowest BCUT2D eigenvalue weighted by atomic mass is 9.93. The standard InChI is InChI=1S/C17H11F3O/c18-17(19,20)14-8-4-3-7-13(14)16-12-6-2-1-5-11(12)9-10-15(16)21/h1-10,21H. The van der Waals surface area contributed by atoms with E-state index >= 15 is 0 Å². The van der Waals surface area contributed by atoms with E-state index in [9.17, 15) is 18.3 Å². The van der Waals surface area contributed by atoms with Gasteiger partial charge in [-0.2, -0.15) is 13.2 Å². The molecule has 0 fully saturated rings. The summed E-state index contributed by atoms with van der Waals surface area (Å²) in [6.07, 6.45) is -4.47. The molecule has 1 N–H and O–H groups in total. The van der Waals surface area contributed by atoms with Gasteiger partial charge in [0.1, 0.15) is 5.75 Å². The Kier molecular flexibility index (Phi) is 3.09. The zero-order valence-corrected chi connectivity index (χ0v) is 10.9. The number of aromatic hydroxyl groups is 1. The lowest BCUT2D eigenvalue weighted by Crippen LogP contribution is -2.07. The molecule has 0 amide bonds. The van der Waals surface area contributed by atoms with Gasteiger partial charge in [0.2, 0.25) is 0 Å². The summed E-state index contributed by atoms with van der Waals surface area (Å²) in [5, 5.41) is 11.5. The van der Waals surface area contributed by atoms with Crippen LogP contribution in [0.25, 0.3) is 21.9 Å². The van der Waals surface area contributed by atoms with E-state index in [0.29, 0.717) is 5.39 Å². The number of hydrogen-bond acceptors (Lipinski definition) is 1. The minimum Gasteiger partial charge on any atom is -0.507 e. The van der Waals surface area contributed by atoms with Gasteiger partial charge in [-0.3, -0.25) is 0 Å². The molecule has 0 aliphatic heterocycles. The highest BCUT2D eigenvalue weighted by Gasteiger charge is 2.34. The molecule has 3 rings (SSSR count). The fraction of sp³-hybridized carbons (Fsp3) is 0.0588. The summed E-state index contributed by atoms with van der Waals surface area (Å²) >= 11 is 0. The average Bonchev–Trinajstić information content (AvgIpc) is 2.46. The average molecular weight is 288 g/mol. The topological polar surface area (TPSA) is 20.2 Å². The van der Waals surface area contributed by atoms with Crippen molar-refractivity contribution in [3.05, 3.63) is 66.2 Å². The first-order valence-corrected chi connectivity index (χ1v) is 6.36. The van der Waals surface area contributed by atoms with Crippen LogP contribution in [0.2, 0.25) is 0 Å². The highest BCUT2D eigenvalue weighted by Crippen LogP contribution is 2.43. The van der Waals surface area contributed by atoms with Gasteiger partial charge in [0, 0.05) is 5.56 Å². The van der Waals surface area contributed by atoms with E-state index in [1.165, 1.54) is 24.3 Å². The van der Waals surface area contributed by atoms with E-state index in [0.717, 1.165) is 11.5 Å². The van der Waals surface area contributed by atoms with Crippen molar-refractivity contribution in [1.29, 1.82) is 0 Å². The highest BCUT2D eigenvalue weighted by atomic mass is 19.4. The van der Waals surface area contributed by atoms with Crippen molar-refractivity contribution in [3.63, 3.8) is 0 Å². The van der Waals surface area contributed by atoms with Crippen molar-refractivity contribution in [3.8, 4) is 16.9 Å². The van der Waals surface area contributed by atoms with E-state index in [-0.39, 0.29) is 16.9 Å². The maximum Gasteiger partial charge on any atom is 0.417 e. The van der Waals surface area contributed by atoms with Crippen LogP contribution in [0.3, 0.4) is 0 Å². The number of hydrogen-bond donors (Lipinski definition) is 1. The summed E-state index contributed by atoms with van der Waals surface area (Å²) in [5.41, 5.74) is -0.558. The molecule has 0 radical (unpaired) electrons. The molecule has 0 heterocycles. The van der Waals surface area contributed by atoms with Gasteiger partial charge < -0.3 is 5.11 Å². The Bertz CT molecular complexity index is 806. The molecule has 0 bridgehead atoms. The van der Waals surface area contributed by atoms with Crippen LogP contribution in [-0.4, -0.2) is 5.11 Å². The summed E-state index contributed by atoms with van der Waals surface area (Å²) in [6, 6.07) is 15.4. The molecular weight excluding hydrogens is 277 g/mol. The van der Waals surface area contributed by atoms with E-state index in [4.69, 9.17) is 0 Å². The van der Waals surface area contributed by atoms with Crippen molar-refractivity contribution in [2.45, 2.75) is 6.18 Å². The monoisotopic (exact) mass is 288 g/mol. The van der Waals surface area contributed by atoms with Crippen molar-refractivity contribution in [2.75, 3.05) is 0 Å². The molecule has 0 saturated carbocycles. The van der Waals surface area contributed by atoms with Crippen LogP contribution in [0.5, 0.6) is 5.75 Å². The van der Waals surface area contributed by atoms with E-state index in [1.807, 2.05) is 0 Å². The molecule has 21 heavy (non-hydrogen) atoms. The largest absolute Gasteiger partial charge is 0.507 e. The van der Waals surface area contributed by atoms with Gasteiger partial charge in [0.25, 0.3) is 0 Å². The SMILES string of the molecule is Oc1ccc2ccccc2c1-c1ccccc1C(F)(F)F. The summed E-state index contributed by atoms with van der Waals surface area (Å²) in [7, 11) is 0. The number of alkyl halides is 3. The first-order valence-electron chi connectivity index (χ1n) is 6.36. The smallest absolute Gasteiger partial charge is 0.417 e. The predicted octanol–water partition coefficient (Wildman–Crippen LogP) is 5.23. The van der Waals surface area contributed by atoms with Crippen LogP contribution in [0.15, 0.2) is 60.7 Å². The summed E-state index contributed by atoms with van der Waals surface area (Å²) in [4.78, 5) is 0. The maximum atomic E-state index is 13.2. The molecule has 4 heteroatoms. The number of phenols is 1. The second-order valence-corrected chi connectivity index (χ2v) is 4.72. The van der Waals surface area contributed by atoms with E-state index < -0.39 is 11.7 Å². The molecule has 0 saturated heterocycles. The quantitative estimate of drug-likeness (QED) is 0.650. The second kappa shape index (κ2) is 4.81. The van der Waals surface area contributed by atoms with Crippen molar-refractivity contribution in [2.24, 2.45) is 0 Å². The summed E-state index contributed by atoms with van der Waals surface area (Å²) < 4.78 is 39.6. The Balaban J connectivity index is 2.39. The lowest BCUT2D eigenvalue weighted by Gasteiger charge is -2.15. The fourth-order valence-corrected chi connectivity index (χ4v) is 2.49. The van der Waals surface area contributed by atoms with Crippen LogP contribution in [-0.2, 0) is 6.18 Å². The summed E-state index contributed by atoms with van der Waals surface area (Å²) in [6.45, 7) is 0. The minimum absolute atomic E-state index is 0.0145. The van der Waals surface area contributed by atoms with E-state index in [1.54, 1.807) is 30.3 Å². The molecule has 0 aromatic heterocycles. The molecule has 106 valence electrons. The molecule has 1 nitrogen and oxygen atoms in total. The van der Waals surface area contributed by atoms with Crippen molar-refractivity contribution in [1.82, 2.24) is 0 Å². The van der Waals surface area contributed by atoms with Crippen molar-refractivity contribution < 1.29 is 18.3 Å². The number of fused-ring (bicyclic) bond motifs is 1. The number of benzene rings is 3. The molecule has 0 aliphatic carbocycles. The van der Waals surface area contributed by atoms with Crippen molar-refractivity contribution >= 4 is 10.8 Å². The Morgan fingerprint density at radius 1 is 0.762 bits per heavy atom. The predicted molar refractivity (Wildman–Crippen MR) is 76.1 cm³/mol. The third-order valence-electron chi connectivity index (χ3n) is 3.41.